The van der Waals surface area contributed by atoms with Gasteiger partial charge >= 0.3 is 0 Å². The molecular weight excluding hydrogens is 364 g/mol. The lowest BCUT2D eigenvalue weighted by molar-refractivity contribution is 0.584. The highest BCUT2D eigenvalue weighted by Crippen LogP contribution is 2.28. The van der Waals surface area contributed by atoms with Crippen LogP contribution >= 0.6 is 11.8 Å². The Kier molecular flexibility index (Phi) is 6.64. The summed E-state index contributed by atoms with van der Waals surface area (Å²) >= 11 is 1.71. The molecule has 0 fully saturated rings. The number of nitrogen functional groups attached to an aromatic ring is 1. The molecule has 142 valence electrons. The van der Waals surface area contributed by atoms with Crippen LogP contribution in [0.3, 0.4) is 0 Å². The first-order valence-corrected chi connectivity index (χ1v) is 11.5. The molecule has 0 radical (unpaired) electrons. The van der Waals surface area contributed by atoms with Gasteiger partial charge in [-0.3, -0.25) is 4.31 Å². The number of hydrogen-bond donors (Lipinski definition) is 1. The van der Waals surface area contributed by atoms with Crippen molar-refractivity contribution in [2.24, 2.45) is 0 Å². The van der Waals surface area contributed by atoms with Crippen molar-refractivity contribution < 1.29 is 8.42 Å². The smallest absolute Gasteiger partial charge is 0.264 e. The fourth-order valence-corrected chi connectivity index (χ4v) is 4.56. The predicted octanol–water partition coefficient (Wildman–Crippen LogP) is 4.51. The fraction of sp³-hybridized carbons (Fsp3) is 0.400. The Bertz CT molecular complexity index is 808. The number of sulfonamides is 1. The third-order valence-electron chi connectivity index (χ3n) is 4.20. The molecule has 0 atom stereocenters. The van der Waals surface area contributed by atoms with Crippen LogP contribution in [0.2, 0.25) is 0 Å². The molecule has 2 aromatic carbocycles. The molecule has 2 N–H and O–H groups in total. The van der Waals surface area contributed by atoms with Crippen molar-refractivity contribution in [2.45, 2.75) is 37.5 Å². The number of nitrogens with two attached hydrogens (primary N) is 1. The summed E-state index contributed by atoms with van der Waals surface area (Å²) in [6.07, 6.45) is 2.80. The summed E-state index contributed by atoms with van der Waals surface area (Å²) in [5.74, 6) is 0.907. The number of anilines is 2. The van der Waals surface area contributed by atoms with Crippen LogP contribution in [0, 0.1) is 0 Å². The van der Waals surface area contributed by atoms with Gasteiger partial charge in [0.15, 0.2) is 0 Å². The number of hydrogen-bond acceptors (Lipinski definition) is 4. The molecule has 2 rings (SSSR count). The zero-order chi connectivity index (χ0) is 19.4. The van der Waals surface area contributed by atoms with Crippen molar-refractivity contribution in [3.63, 3.8) is 0 Å². The number of rotatable bonds is 7. The first-order chi connectivity index (χ1) is 12.2. The van der Waals surface area contributed by atoms with Crippen LogP contribution in [-0.2, 0) is 15.4 Å². The molecule has 0 aliphatic heterocycles. The quantitative estimate of drug-likeness (QED) is 0.556. The van der Waals surface area contributed by atoms with Gasteiger partial charge in [0.05, 0.1) is 10.6 Å². The normalized spacial score (nSPS) is 12.2. The van der Waals surface area contributed by atoms with E-state index in [4.69, 9.17) is 5.73 Å². The average Bonchev–Trinajstić information content (AvgIpc) is 2.59. The van der Waals surface area contributed by atoms with Crippen molar-refractivity contribution in [3.05, 3.63) is 54.1 Å². The van der Waals surface area contributed by atoms with Crippen LogP contribution in [0.5, 0.6) is 0 Å². The van der Waals surface area contributed by atoms with Crippen molar-refractivity contribution in [3.8, 4) is 0 Å². The SMILES string of the molecule is CSCCCN(c1ccc(N)cc1)S(=O)(=O)c1ccc(C(C)(C)C)cc1. The van der Waals surface area contributed by atoms with Gasteiger partial charge in [-0.25, -0.2) is 8.42 Å². The molecule has 26 heavy (non-hydrogen) atoms. The topological polar surface area (TPSA) is 63.4 Å². The molecular formula is C20H28N2O2S2. The Balaban J connectivity index is 2.39. The second-order valence-electron chi connectivity index (χ2n) is 7.29. The minimum absolute atomic E-state index is 0.0166. The van der Waals surface area contributed by atoms with E-state index in [-0.39, 0.29) is 5.41 Å². The molecule has 0 unspecified atom stereocenters. The Morgan fingerprint density at radius 3 is 2.08 bits per heavy atom. The molecule has 0 saturated carbocycles. The molecule has 0 aliphatic rings. The highest BCUT2D eigenvalue weighted by molar-refractivity contribution is 7.98. The average molecular weight is 393 g/mol. The summed E-state index contributed by atoms with van der Waals surface area (Å²) in [6, 6.07) is 14.2. The van der Waals surface area contributed by atoms with Crippen LogP contribution in [0.4, 0.5) is 11.4 Å². The van der Waals surface area contributed by atoms with Crippen LogP contribution in [0.15, 0.2) is 53.4 Å². The van der Waals surface area contributed by atoms with E-state index < -0.39 is 10.0 Å². The van der Waals surface area contributed by atoms with E-state index in [2.05, 4.69) is 20.8 Å². The van der Waals surface area contributed by atoms with E-state index in [9.17, 15) is 8.42 Å². The summed E-state index contributed by atoms with van der Waals surface area (Å²) in [5.41, 5.74) is 8.10. The molecule has 0 amide bonds. The van der Waals surface area contributed by atoms with Gasteiger partial charge in [0, 0.05) is 12.2 Å². The lowest BCUT2D eigenvalue weighted by atomic mass is 9.87. The summed E-state index contributed by atoms with van der Waals surface area (Å²) in [7, 11) is -3.63. The van der Waals surface area contributed by atoms with Crippen LogP contribution in [0.25, 0.3) is 0 Å². The Morgan fingerprint density at radius 1 is 1.00 bits per heavy atom. The third kappa shape index (κ3) is 4.95. The summed E-state index contributed by atoms with van der Waals surface area (Å²) < 4.78 is 28.0. The summed E-state index contributed by atoms with van der Waals surface area (Å²) in [6.45, 7) is 6.77. The second kappa shape index (κ2) is 8.35. The molecule has 6 heteroatoms. The first-order valence-electron chi connectivity index (χ1n) is 8.64. The van der Waals surface area contributed by atoms with Crippen molar-refractivity contribution in [1.29, 1.82) is 0 Å². The molecule has 0 bridgehead atoms. The van der Waals surface area contributed by atoms with Gasteiger partial charge < -0.3 is 5.73 Å². The minimum Gasteiger partial charge on any atom is -0.399 e. The van der Waals surface area contributed by atoms with Gasteiger partial charge in [-0.15, -0.1) is 0 Å². The number of nitrogens with zero attached hydrogens (tertiary/aromatic N) is 1. The van der Waals surface area contributed by atoms with Crippen molar-refractivity contribution in [2.75, 3.05) is 28.6 Å². The molecule has 0 saturated heterocycles. The zero-order valence-corrected chi connectivity index (χ0v) is 17.5. The van der Waals surface area contributed by atoms with Crippen LogP contribution in [-0.4, -0.2) is 27.0 Å². The lowest BCUT2D eigenvalue weighted by Crippen LogP contribution is -2.32. The predicted molar refractivity (Wildman–Crippen MR) is 114 cm³/mol. The Morgan fingerprint density at radius 2 is 1.58 bits per heavy atom. The molecule has 0 spiro atoms. The molecule has 0 heterocycles. The van der Waals surface area contributed by atoms with Gasteiger partial charge in [-0.1, -0.05) is 32.9 Å². The van der Waals surface area contributed by atoms with Crippen molar-refractivity contribution in [1.82, 2.24) is 0 Å². The third-order valence-corrected chi connectivity index (χ3v) is 6.74. The van der Waals surface area contributed by atoms with Crippen LogP contribution in [0.1, 0.15) is 32.8 Å². The highest BCUT2D eigenvalue weighted by Gasteiger charge is 2.25. The summed E-state index contributed by atoms with van der Waals surface area (Å²) in [4.78, 5) is 0.312. The van der Waals surface area contributed by atoms with Crippen molar-refractivity contribution >= 4 is 33.2 Å². The van der Waals surface area contributed by atoms with Gasteiger partial charge in [-0.2, -0.15) is 11.8 Å². The van der Waals surface area contributed by atoms with E-state index in [1.54, 1.807) is 48.2 Å². The monoisotopic (exact) mass is 392 g/mol. The second-order valence-corrected chi connectivity index (χ2v) is 10.1. The minimum atomic E-state index is -3.63. The van der Waals surface area contributed by atoms with E-state index in [0.717, 1.165) is 17.7 Å². The molecule has 4 nitrogen and oxygen atoms in total. The number of benzene rings is 2. The van der Waals surface area contributed by atoms with E-state index in [1.807, 2.05) is 18.4 Å². The maximum absolute atomic E-state index is 13.3. The van der Waals surface area contributed by atoms with Crippen LogP contribution < -0.4 is 10.0 Å². The maximum Gasteiger partial charge on any atom is 0.264 e. The Hall–Kier alpha value is -1.66. The maximum atomic E-state index is 13.3. The molecule has 0 aromatic heterocycles. The molecule has 2 aromatic rings. The van der Waals surface area contributed by atoms with E-state index >= 15 is 0 Å². The largest absolute Gasteiger partial charge is 0.399 e. The van der Waals surface area contributed by atoms with Gasteiger partial charge in [0.25, 0.3) is 10.0 Å². The standard InChI is InChI=1S/C20H28N2O2S2/c1-20(2,3)16-6-12-19(13-7-16)26(23,24)22(14-5-15-25-4)18-10-8-17(21)9-11-18/h6-13H,5,14-15,21H2,1-4H3. The van der Waals surface area contributed by atoms with E-state index in [0.29, 0.717) is 22.8 Å². The number of thioether (sulfide) groups is 1. The molecule has 0 aliphatic carbocycles. The Labute approximate surface area is 161 Å². The lowest BCUT2D eigenvalue weighted by Gasteiger charge is -2.25. The van der Waals surface area contributed by atoms with E-state index in [1.165, 1.54) is 4.31 Å². The first kappa shape index (κ1) is 20.6. The van der Waals surface area contributed by atoms with Gasteiger partial charge in [0.1, 0.15) is 0 Å². The summed E-state index contributed by atoms with van der Waals surface area (Å²) in [5, 5.41) is 0. The van der Waals surface area contributed by atoms with Gasteiger partial charge in [0.2, 0.25) is 0 Å². The zero-order valence-electron chi connectivity index (χ0n) is 15.9. The highest BCUT2D eigenvalue weighted by atomic mass is 32.2. The van der Waals surface area contributed by atoms with Gasteiger partial charge in [-0.05, 0) is 65.8 Å². The fourth-order valence-electron chi connectivity index (χ4n) is 2.64.